The molecule has 4 heterocycles. The number of rotatable bonds is 4. The van der Waals surface area contributed by atoms with Crippen LogP contribution in [-0.2, 0) is 4.79 Å². The lowest BCUT2D eigenvalue weighted by Gasteiger charge is -2.29. The Kier molecular flexibility index (Phi) is 5.54. The number of para-hydroxylation sites is 1. The van der Waals surface area contributed by atoms with Crippen molar-refractivity contribution in [1.82, 2.24) is 19.7 Å². The number of nitrogens with one attached hydrogen (secondary N) is 2. The highest BCUT2D eigenvalue weighted by Gasteiger charge is 2.35. The summed E-state index contributed by atoms with van der Waals surface area (Å²) in [6, 6.07) is 15.9. The van der Waals surface area contributed by atoms with Crippen molar-refractivity contribution in [2.75, 3.05) is 23.8 Å². The van der Waals surface area contributed by atoms with Crippen LogP contribution in [0.2, 0.25) is 5.02 Å². The molecule has 0 saturated carbocycles. The topological polar surface area (TPSA) is 103 Å². The summed E-state index contributed by atoms with van der Waals surface area (Å²) < 4.78 is 13.2. The van der Waals surface area contributed by atoms with Gasteiger partial charge in [0.15, 0.2) is 17.3 Å². The molecule has 2 aromatic heterocycles. The highest BCUT2D eigenvalue weighted by atomic mass is 35.5. The monoisotopic (exact) mass is 500 g/mol. The fourth-order valence-electron chi connectivity index (χ4n) is 4.36. The van der Waals surface area contributed by atoms with E-state index in [1.54, 1.807) is 29.2 Å². The van der Waals surface area contributed by atoms with Crippen LogP contribution >= 0.6 is 11.6 Å². The van der Waals surface area contributed by atoms with Crippen molar-refractivity contribution in [3.63, 3.8) is 0 Å². The third-order valence-electron chi connectivity index (χ3n) is 6.04. The molecule has 1 atom stereocenters. The smallest absolute Gasteiger partial charge is 0.255 e. The first-order chi connectivity index (χ1) is 17.6. The van der Waals surface area contributed by atoms with Crippen LogP contribution in [0.5, 0.6) is 11.5 Å². The van der Waals surface area contributed by atoms with Gasteiger partial charge in [-0.05, 0) is 48.9 Å². The van der Waals surface area contributed by atoms with Crippen LogP contribution in [0, 0.1) is 0 Å². The van der Waals surface area contributed by atoms with Crippen molar-refractivity contribution < 1.29 is 14.3 Å². The van der Waals surface area contributed by atoms with E-state index in [4.69, 9.17) is 31.2 Å². The quantitative estimate of drug-likeness (QED) is 0.419. The number of fused-ring (bicyclic) bond motifs is 2. The molecule has 9 nitrogen and oxygen atoms in total. The van der Waals surface area contributed by atoms with E-state index in [2.05, 4.69) is 15.6 Å². The van der Waals surface area contributed by atoms with Gasteiger partial charge in [-0.3, -0.25) is 9.78 Å². The lowest BCUT2D eigenvalue weighted by atomic mass is 9.94. The first-order valence-electron chi connectivity index (χ1n) is 11.4. The number of nitrogens with zero attached hydrogens (tertiary/aromatic N) is 4. The summed E-state index contributed by atoms with van der Waals surface area (Å²) in [5.74, 6) is 2.02. The van der Waals surface area contributed by atoms with Crippen molar-refractivity contribution in [3.05, 3.63) is 88.8 Å². The molecule has 0 aliphatic carbocycles. The zero-order valence-electron chi connectivity index (χ0n) is 19.2. The third kappa shape index (κ3) is 3.93. The summed E-state index contributed by atoms with van der Waals surface area (Å²) in [5, 5.41) is 11.4. The Labute approximate surface area is 211 Å². The van der Waals surface area contributed by atoms with Gasteiger partial charge in [0.1, 0.15) is 19.3 Å². The van der Waals surface area contributed by atoms with E-state index in [0.717, 1.165) is 11.1 Å². The van der Waals surface area contributed by atoms with Gasteiger partial charge in [0.05, 0.1) is 16.3 Å². The minimum Gasteiger partial charge on any atom is -0.486 e. The summed E-state index contributed by atoms with van der Waals surface area (Å²) in [5.41, 5.74) is 3.27. The molecule has 0 radical (unpaired) electrons. The molecule has 1 unspecified atom stereocenters. The number of anilines is 2. The predicted molar refractivity (Wildman–Crippen MR) is 135 cm³/mol. The minimum atomic E-state index is -0.581. The molecule has 2 aliphatic heterocycles. The van der Waals surface area contributed by atoms with Crippen molar-refractivity contribution >= 4 is 29.1 Å². The minimum absolute atomic E-state index is 0.306. The Morgan fingerprint density at radius 2 is 1.86 bits per heavy atom. The fraction of sp³-hybridized carbons (Fsp3) is 0.154. The summed E-state index contributed by atoms with van der Waals surface area (Å²) in [4.78, 5) is 22.5. The van der Waals surface area contributed by atoms with Crippen LogP contribution in [-0.4, -0.2) is 38.9 Å². The third-order valence-corrected chi connectivity index (χ3v) is 6.37. The molecule has 1 amide bonds. The van der Waals surface area contributed by atoms with Gasteiger partial charge < -0.3 is 20.1 Å². The number of carbonyl (C=O) groups excluding carboxylic acids is 1. The molecule has 6 rings (SSSR count). The van der Waals surface area contributed by atoms with Gasteiger partial charge >= 0.3 is 0 Å². The van der Waals surface area contributed by atoms with E-state index < -0.39 is 6.04 Å². The lowest BCUT2D eigenvalue weighted by molar-refractivity contribution is -0.113. The number of pyridine rings is 1. The largest absolute Gasteiger partial charge is 0.486 e. The number of hydrogen-bond acceptors (Lipinski definition) is 7. The van der Waals surface area contributed by atoms with Gasteiger partial charge in [0.25, 0.3) is 5.91 Å². The second kappa shape index (κ2) is 9.01. The molecule has 0 saturated heterocycles. The average molecular weight is 501 g/mol. The zero-order valence-corrected chi connectivity index (χ0v) is 20.0. The van der Waals surface area contributed by atoms with E-state index in [9.17, 15) is 4.79 Å². The maximum absolute atomic E-state index is 13.7. The molecule has 0 bridgehead atoms. The molecule has 4 aromatic rings. The number of ether oxygens (including phenoxy) is 2. The average Bonchev–Trinajstić information content (AvgIpc) is 3.33. The van der Waals surface area contributed by atoms with Gasteiger partial charge in [0.2, 0.25) is 5.95 Å². The first-order valence-corrected chi connectivity index (χ1v) is 11.8. The van der Waals surface area contributed by atoms with Crippen LogP contribution in [0.1, 0.15) is 18.5 Å². The Morgan fingerprint density at radius 3 is 2.67 bits per heavy atom. The Balaban J connectivity index is 1.47. The molecule has 180 valence electrons. The molecular formula is C26H21ClN6O3. The second-order valence-electron chi connectivity index (χ2n) is 8.34. The van der Waals surface area contributed by atoms with E-state index in [-0.39, 0.29) is 5.91 Å². The lowest BCUT2D eigenvalue weighted by Crippen LogP contribution is -2.31. The molecule has 10 heteroatoms. The Hall–Kier alpha value is -4.37. The summed E-state index contributed by atoms with van der Waals surface area (Å²) in [7, 11) is 0. The van der Waals surface area contributed by atoms with Crippen LogP contribution in [0.3, 0.4) is 0 Å². The Morgan fingerprint density at radius 1 is 1.08 bits per heavy atom. The van der Waals surface area contributed by atoms with E-state index in [1.807, 2.05) is 49.4 Å². The first kappa shape index (κ1) is 22.1. The van der Waals surface area contributed by atoms with Crippen LogP contribution in [0.15, 0.2) is 78.3 Å². The summed E-state index contributed by atoms with van der Waals surface area (Å²) in [6.07, 6.45) is 3.38. The number of aromatic nitrogens is 4. The SMILES string of the molecule is CC1=C(C(=O)Nc2ccccc2Cl)C(c2ccc3c(c2)OCCO3)n2nc(-c3ccncc3)nc2N1. The van der Waals surface area contributed by atoms with Crippen LogP contribution < -0.4 is 20.1 Å². The van der Waals surface area contributed by atoms with Crippen LogP contribution in [0.4, 0.5) is 11.6 Å². The number of allylic oxidation sites excluding steroid dienone is 1. The fourth-order valence-corrected chi connectivity index (χ4v) is 4.54. The molecule has 2 aromatic carbocycles. The van der Waals surface area contributed by atoms with E-state index >= 15 is 0 Å². The molecule has 0 fully saturated rings. The van der Waals surface area contributed by atoms with Gasteiger partial charge in [-0.1, -0.05) is 29.8 Å². The van der Waals surface area contributed by atoms with E-state index in [0.29, 0.717) is 58.5 Å². The Bertz CT molecular complexity index is 1500. The van der Waals surface area contributed by atoms with Gasteiger partial charge in [0, 0.05) is 23.7 Å². The van der Waals surface area contributed by atoms with E-state index in [1.165, 1.54) is 0 Å². The maximum Gasteiger partial charge on any atom is 0.255 e. The van der Waals surface area contributed by atoms with Gasteiger partial charge in [-0.25, -0.2) is 4.68 Å². The number of hydrogen-bond donors (Lipinski definition) is 2. The van der Waals surface area contributed by atoms with Gasteiger partial charge in [-0.15, -0.1) is 5.10 Å². The normalized spacial score (nSPS) is 16.2. The standard InChI is InChI=1S/C26H21ClN6O3/c1-15-22(25(34)30-19-5-3-2-4-18(19)27)23(17-6-7-20-21(14-17)36-13-12-35-20)33-26(29-15)31-24(32-33)16-8-10-28-11-9-16/h2-11,14,23H,12-13H2,1H3,(H,30,34)(H,29,31,32). The zero-order chi connectivity index (χ0) is 24.6. The molecule has 36 heavy (non-hydrogen) atoms. The number of halogens is 1. The maximum atomic E-state index is 13.7. The van der Waals surface area contributed by atoms with Crippen molar-refractivity contribution in [2.45, 2.75) is 13.0 Å². The summed E-state index contributed by atoms with van der Waals surface area (Å²) >= 11 is 6.32. The number of amides is 1. The number of benzene rings is 2. The predicted octanol–water partition coefficient (Wildman–Crippen LogP) is 4.69. The highest BCUT2D eigenvalue weighted by molar-refractivity contribution is 6.33. The molecule has 2 N–H and O–H groups in total. The molecule has 2 aliphatic rings. The second-order valence-corrected chi connectivity index (χ2v) is 8.75. The molecular weight excluding hydrogens is 480 g/mol. The van der Waals surface area contributed by atoms with Crippen molar-refractivity contribution in [2.24, 2.45) is 0 Å². The van der Waals surface area contributed by atoms with Gasteiger partial charge in [-0.2, -0.15) is 4.98 Å². The highest BCUT2D eigenvalue weighted by Crippen LogP contribution is 2.40. The van der Waals surface area contributed by atoms with Crippen LogP contribution in [0.25, 0.3) is 11.4 Å². The van der Waals surface area contributed by atoms with Crippen molar-refractivity contribution in [1.29, 1.82) is 0 Å². The number of carbonyl (C=O) groups is 1. The summed E-state index contributed by atoms with van der Waals surface area (Å²) in [6.45, 7) is 2.79. The van der Waals surface area contributed by atoms with Crippen molar-refractivity contribution in [3.8, 4) is 22.9 Å². The molecule has 0 spiro atoms.